The Labute approximate surface area is 142 Å². The third-order valence-electron chi connectivity index (χ3n) is 4.76. The van der Waals surface area contributed by atoms with Gasteiger partial charge in [-0.2, -0.15) is 0 Å². The minimum absolute atomic E-state index is 0.503. The number of rotatable bonds is 4. The van der Waals surface area contributed by atoms with E-state index in [9.17, 15) is 0 Å². The van der Waals surface area contributed by atoms with Gasteiger partial charge in [-0.15, -0.1) is 0 Å². The van der Waals surface area contributed by atoms with Crippen molar-refractivity contribution in [3.05, 3.63) is 27.2 Å². The second kappa shape index (κ2) is 7.34. The Morgan fingerprint density at radius 1 is 1.38 bits per heavy atom. The number of anilines is 1. The molecule has 4 heteroatoms. The van der Waals surface area contributed by atoms with Gasteiger partial charge in [-0.3, -0.25) is 0 Å². The van der Waals surface area contributed by atoms with Gasteiger partial charge in [0.25, 0.3) is 0 Å². The SMILES string of the molecule is CCCNC1CCN(c2cc(Cl)c(C)cc2Br)C(C)C1C. The molecule has 0 aromatic heterocycles. The first kappa shape index (κ1) is 17.1. The Morgan fingerprint density at radius 2 is 2.10 bits per heavy atom. The van der Waals surface area contributed by atoms with E-state index in [1.807, 2.05) is 6.92 Å². The van der Waals surface area contributed by atoms with Gasteiger partial charge in [-0.25, -0.2) is 0 Å². The summed E-state index contributed by atoms with van der Waals surface area (Å²) in [5.74, 6) is 0.622. The van der Waals surface area contributed by atoms with Gasteiger partial charge in [0.2, 0.25) is 0 Å². The van der Waals surface area contributed by atoms with E-state index in [1.165, 1.54) is 18.5 Å². The van der Waals surface area contributed by atoms with Gasteiger partial charge >= 0.3 is 0 Å². The zero-order valence-corrected chi connectivity index (χ0v) is 15.8. The fourth-order valence-corrected chi connectivity index (χ4v) is 4.02. The van der Waals surface area contributed by atoms with Crippen LogP contribution in [0.4, 0.5) is 5.69 Å². The van der Waals surface area contributed by atoms with E-state index in [4.69, 9.17) is 11.6 Å². The molecule has 0 amide bonds. The highest BCUT2D eigenvalue weighted by Crippen LogP contribution is 2.36. The van der Waals surface area contributed by atoms with Crippen LogP contribution in [-0.2, 0) is 0 Å². The summed E-state index contributed by atoms with van der Waals surface area (Å²) in [7, 11) is 0. The predicted molar refractivity (Wildman–Crippen MR) is 96.6 cm³/mol. The first-order valence-corrected chi connectivity index (χ1v) is 9.08. The van der Waals surface area contributed by atoms with Gasteiger partial charge in [0.05, 0.1) is 5.69 Å². The van der Waals surface area contributed by atoms with Crippen LogP contribution in [0.5, 0.6) is 0 Å². The lowest BCUT2D eigenvalue weighted by molar-refractivity contribution is 0.271. The molecule has 1 aromatic rings. The monoisotopic (exact) mass is 372 g/mol. The lowest BCUT2D eigenvalue weighted by Gasteiger charge is -2.44. The van der Waals surface area contributed by atoms with Crippen molar-refractivity contribution in [1.29, 1.82) is 0 Å². The molecule has 1 heterocycles. The Bertz CT molecular complexity index is 492. The lowest BCUT2D eigenvalue weighted by atomic mass is 9.86. The molecule has 1 aliphatic heterocycles. The van der Waals surface area contributed by atoms with E-state index in [0.29, 0.717) is 18.0 Å². The molecule has 1 aromatic carbocycles. The molecule has 2 nitrogen and oxygen atoms in total. The third kappa shape index (κ3) is 3.75. The Hall–Kier alpha value is -0.250. The van der Waals surface area contributed by atoms with Gasteiger partial charge in [0.1, 0.15) is 0 Å². The Kier molecular flexibility index (Phi) is 5.98. The molecule has 3 unspecified atom stereocenters. The van der Waals surface area contributed by atoms with E-state index in [1.54, 1.807) is 0 Å². The van der Waals surface area contributed by atoms with Crippen LogP contribution in [-0.4, -0.2) is 25.2 Å². The summed E-state index contributed by atoms with van der Waals surface area (Å²) in [6.07, 6.45) is 2.38. The van der Waals surface area contributed by atoms with Gasteiger partial charge in [-0.1, -0.05) is 25.4 Å². The van der Waals surface area contributed by atoms with Crippen LogP contribution in [0.3, 0.4) is 0 Å². The van der Waals surface area contributed by atoms with Gasteiger partial charge in [-0.05, 0) is 72.8 Å². The highest BCUT2D eigenvalue weighted by Gasteiger charge is 2.32. The number of aryl methyl sites for hydroxylation is 1. The average molecular weight is 374 g/mol. The maximum Gasteiger partial charge on any atom is 0.0528 e. The van der Waals surface area contributed by atoms with Crippen LogP contribution in [0.15, 0.2) is 16.6 Å². The van der Waals surface area contributed by atoms with Crippen LogP contribution < -0.4 is 10.2 Å². The van der Waals surface area contributed by atoms with Crippen molar-refractivity contribution in [3.63, 3.8) is 0 Å². The molecule has 1 aliphatic rings. The molecular weight excluding hydrogens is 348 g/mol. The minimum Gasteiger partial charge on any atom is -0.367 e. The molecule has 0 spiro atoms. The normalized spacial score (nSPS) is 26.2. The number of piperidine rings is 1. The summed E-state index contributed by atoms with van der Waals surface area (Å²) in [6.45, 7) is 11.1. The number of nitrogens with zero attached hydrogens (tertiary/aromatic N) is 1. The summed E-state index contributed by atoms with van der Waals surface area (Å²) in [5, 5.41) is 4.54. The van der Waals surface area contributed by atoms with Gasteiger partial charge in [0.15, 0.2) is 0 Å². The number of nitrogens with one attached hydrogen (secondary N) is 1. The van der Waals surface area contributed by atoms with Crippen molar-refractivity contribution < 1.29 is 0 Å². The summed E-state index contributed by atoms with van der Waals surface area (Å²) < 4.78 is 1.14. The molecule has 0 bridgehead atoms. The van der Waals surface area contributed by atoms with Crippen molar-refractivity contribution in [2.24, 2.45) is 5.92 Å². The van der Waals surface area contributed by atoms with E-state index in [-0.39, 0.29) is 0 Å². The molecular formula is C17H26BrClN2. The fraction of sp³-hybridized carbons (Fsp3) is 0.647. The van der Waals surface area contributed by atoms with Crippen LogP contribution in [0.1, 0.15) is 39.2 Å². The summed E-state index contributed by atoms with van der Waals surface area (Å²) in [5.41, 5.74) is 2.34. The van der Waals surface area contributed by atoms with Crippen molar-refractivity contribution >= 4 is 33.2 Å². The molecule has 3 atom stereocenters. The molecule has 2 rings (SSSR count). The molecule has 0 aliphatic carbocycles. The molecule has 1 saturated heterocycles. The average Bonchev–Trinajstić information content (AvgIpc) is 2.45. The molecule has 0 radical (unpaired) electrons. The number of hydrogen-bond donors (Lipinski definition) is 1. The van der Waals surface area contributed by atoms with Gasteiger partial charge in [0, 0.05) is 28.1 Å². The van der Waals surface area contributed by atoms with Crippen molar-refractivity contribution in [2.75, 3.05) is 18.0 Å². The number of halogens is 2. The number of benzene rings is 1. The zero-order valence-electron chi connectivity index (χ0n) is 13.4. The van der Waals surface area contributed by atoms with E-state index >= 15 is 0 Å². The molecule has 21 heavy (non-hydrogen) atoms. The number of hydrogen-bond acceptors (Lipinski definition) is 2. The Morgan fingerprint density at radius 3 is 2.76 bits per heavy atom. The van der Waals surface area contributed by atoms with Crippen LogP contribution in [0, 0.1) is 12.8 Å². The highest BCUT2D eigenvalue weighted by atomic mass is 79.9. The van der Waals surface area contributed by atoms with Crippen LogP contribution in [0.2, 0.25) is 5.02 Å². The minimum atomic E-state index is 0.503. The molecule has 118 valence electrons. The zero-order chi connectivity index (χ0) is 15.6. The Balaban J connectivity index is 2.17. The largest absolute Gasteiger partial charge is 0.367 e. The third-order valence-corrected chi connectivity index (χ3v) is 5.80. The molecule has 0 saturated carbocycles. The van der Waals surface area contributed by atoms with Crippen molar-refractivity contribution in [2.45, 2.75) is 52.6 Å². The van der Waals surface area contributed by atoms with Gasteiger partial charge < -0.3 is 10.2 Å². The predicted octanol–water partition coefficient (Wildman–Crippen LogP) is 5.01. The first-order valence-electron chi connectivity index (χ1n) is 7.91. The van der Waals surface area contributed by atoms with Crippen LogP contribution >= 0.6 is 27.5 Å². The van der Waals surface area contributed by atoms with Crippen LogP contribution in [0.25, 0.3) is 0 Å². The molecule has 1 N–H and O–H groups in total. The summed E-state index contributed by atoms with van der Waals surface area (Å²) in [4.78, 5) is 2.49. The first-order chi connectivity index (χ1) is 9.95. The highest BCUT2D eigenvalue weighted by molar-refractivity contribution is 9.10. The quantitative estimate of drug-likeness (QED) is 0.797. The standard InChI is InChI=1S/C17H26BrClN2/c1-5-7-20-16-6-8-21(13(4)12(16)3)17-10-15(19)11(2)9-14(17)18/h9-10,12-13,16,20H,5-8H2,1-4H3. The fourth-order valence-electron chi connectivity index (χ4n) is 3.18. The van der Waals surface area contributed by atoms with E-state index in [0.717, 1.165) is 28.1 Å². The summed E-state index contributed by atoms with van der Waals surface area (Å²) in [6, 6.07) is 5.35. The maximum absolute atomic E-state index is 6.33. The topological polar surface area (TPSA) is 15.3 Å². The van der Waals surface area contributed by atoms with Crippen molar-refractivity contribution in [3.8, 4) is 0 Å². The second-order valence-corrected chi connectivity index (χ2v) is 7.46. The van der Waals surface area contributed by atoms with Crippen molar-refractivity contribution in [1.82, 2.24) is 5.32 Å². The smallest absolute Gasteiger partial charge is 0.0528 e. The van der Waals surface area contributed by atoms with E-state index < -0.39 is 0 Å². The van der Waals surface area contributed by atoms with E-state index in [2.05, 4.69) is 59.1 Å². The molecule has 1 fully saturated rings. The maximum atomic E-state index is 6.33. The summed E-state index contributed by atoms with van der Waals surface area (Å²) >= 11 is 10.0. The lowest BCUT2D eigenvalue weighted by Crippen LogP contribution is -2.53. The second-order valence-electron chi connectivity index (χ2n) is 6.20.